The van der Waals surface area contributed by atoms with Crippen molar-refractivity contribution < 1.29 is 0 Å². The molecular formula is C46H33N3. The molecule has 0 N–H and O–H groups in total. The fourth-order valence-corrected chi connectivity index (χ4v) is 8.26. The molecule has 0 radical (unpaired) electrons. The largest absolute Gasteiger partial charge is 0.310 e. The van der Waals surface area contributed by atoms with Gasteiger partial charge in [0.05, 0.1) is 16.7 Å². The molecule has 8 aromatic rings. The van der Waals surface area contributed by atoms with Crippen LogP contribution < -0.4 is 4.90 Å². The summed E-state index contributed by atoms with van der Waals surface area (Å²) in [7, 11) is 0. The van der Waals surface area contributed by atoms with Crippen molar-refractivity contribution in [2.75, 3.05) is 4.90 Å². The first-order valence-electron chi connectivity index (χ1n) is 17.0. The summed E-state index contributed by atoms with van der Waals surface area (Å²) in [5.41, 5.74) is 17.9. The van der Waals surface area contributed by atoms with Crippen LogP contribution in [-0.2, 0) is 5.41 Å². The molecule has 3 heteroatoms. The molecule has 0 saturated heterocycles. The molecule has 0 unspecified atom stereocenters. The predicted molar refractivity (Wildman–Crippen MR) is 203 cm³/mol. The monoisotopic (exact) mass is 627 g/mol. The van der Waals surface area contributed by atoms with Gasteiger partial charge in [-0.25, -0.2) is 4.98 Å². The van der Waals surface area contributed by atoms with Gasteiger partial charge in [-0.2, -0.15) is 0 Å². The molecule has 0 fully saturated rings. The van der Waals surface area contributed by atoms with E-state index in [1.165, 1.54) is 44.5 Å². The van der Waals surface area contributed by atoms with Crippen molar-refractivity contribution in [3.05, 3.63) is 175 Å². The Morgan fingerprint density at radius 2 is 1.08 bits per heavy atom. The summed E-state index contributed by atoms with van der Waals surface area (Å²) in [4.78, 5) is 7.73. The fraction of sp³-hybridized carbons (Fsp3) is 0.0652. The van der Waals surface area contributed by atoms with Crippen molar-refractivity contribution in [1.29, 1.82) is 0 Å². The molecule has 0 amide bonds. The maximum Gasteiger partial charge on any atom is 0.145 e. The highest BCUT2D eigenvalue weighted by atomic mass is 15.1. The molecule has 1 aliphatic heterocycles. The first kappa shape index (κ1) is 27.9. The van der Waals surface area contributed by atoms with Crippen LogP contribution in [0.25, 0.3) is 61.5 Å². The van der Waals surface area contributed by atoms with Crippen LogP contribution in [0.15, 0.2) is 164 Å². The SMILES string of the molecule is CC1(C)c2ccccc2-c2ccc(N(c3ccccc3)c3cccc(-c4nc5cccc6c5n4-c4ccccc4-c4ccccc4-6)c3)cc21. The number of aromatic nitrogens is 2. The Morgan fingerprint density at radius 3 is 1.92 bits per heavy atom. The van der Waals surface area contributed by atoms with E-state index in [9.17, 15) is 0 Å². The fourth-order valence-electron chi connectivity index (χ4n) is 8.26. The molecule has 7 aromatic carbocycles. The molecule has 0 spiro atoms. The zero-order chi connectivity index (χ0) is 32.7. The van der Waals surface area contributed by atoms with E-state index in [4.69, 9.17) is 4.98 Å². The summed E-state index contributed by atoms with van der Waals surface area (Å²) < 4.78 is 2.38. The third-order valence-corrected chi connectivity index (χ3v) is 10.5. The number of nitrogens with zero attached hydrogens (tertiary/aromatic N) is 3. The van der Waals surface area contributed by atoms with Crippen LogP contribution >= 0.6 is 0 Å². The van der Waals surface area contributed by atoms with Crippen LogP contribution in [0.2, 0.25) is 0 Å². The molecular weight excluding hydrogens is 595 g/mol. The number of anilines is 3. The lowest BCUT2D eigenvalue weighted by molar-refractivity contribution is 0.660. The summed E-state index contributed by atoms with van der Waals surface area (Å²) in [5.74, 6) is 0.933. The van der Waals surface area contributed by atoms with Gasteiger partial charge in [-0.15, -0.1) is 0 Å². The van der Waals surface area contributed by atoms with Gasteiger partial charge in [-0.05, 0) is 81.9 Å². The maximum absolute atomic E-state index is 5.35. The highest BCUT2D eigenvalue weighted by Gasteiger charge is 2.36. The quantitative estimate of drug-likeness (QED) is 0.194. The van der Waals surface area contributed by atoms with Crippen LogP contribution in [0.3, 0.4) is 0 Å². The van der Waals surface area contributed by atoms with Crippen molar-refractivity contribution in [3.8, 4) is 50.5 Å². The number of hydrogen-bond donors (Lipinski definition) is 0. The Hall–Kier alpha value is -6.19. The Labute approximate surface area is 286 Å². The number of benzene rings is 7. The molecule has 1 aliphatic carbocycles. The molecule has 10 rings (SSSR count). The zero-order valence-corrected chi connectivity index (χ0v) is 27.4. The first-order valence-corrected chi connectivity index (χ1v) is 17.0. The van der Waals surface area contributed by atoms with E-state index in [1.807, 2.05) is 0 Å². The Morgan fingerprint density at radius 1 is 0.469 bits per heavy atom. The average Bonchev–Trinajstić information content (AvgIpc) is 3.61. The van der Waals surface area contributed by atoms with E-state index in [2.05, 4.69) is 187 Å². The third-order valence-electron chi connectivity index (χ3n) is 10.5. The van der Waals surface area contributed by atoms with Gasteiger partial charge in [-0.3, -0.25) is 4.57 Å². The second-order valence-corrected chi connectivity index (χ2v) is 13.6. The van der Waals surface area contributed by atoms with E-state index >= 15 is 0 Å². The van der Waals surface area contributed by atoms with Gasteiger partial charge in [0.2, 0.25) is 0 Å². The summed E-state index contributed by atoms with van der Waals surface area (Å²) in [5, 5.41) is 0. The topological polar surface area (TPSA) is 21.1 Å². The van der Waals surface area contributed by atoms with Gasteiger partial charge in [0.15, 0.2) is 0 Å². The van der Waals surface area contributed by atoms with Gasteiger partial charge in [0.25, 0.3) is 0 Å². The second kappa shape index (κ2) is 10.4. The third kappa shape index (κ3) is 4.06. The van der Waals surface area contributed by atoms with E-state index in [1.54, 1.807) is 0 Å². The van der Waals surface area contributed by atoms with E-state index in [0.29, 0.717) is 0 Å². The van der Waals surface area contributed by atoms with Gasteiger partial charge in [0.1, 0.15) is 5.82 Å². The lowest BCUT2D eigenvalue weighted by Crippen LogP contribution is -2.16. The lowest BCUT2D eigenvalue weighted by atomic mass is 9.82. The lowest BCUT2D eigenvalue weighted by Gasteiger charge is -2.28. The predicted octanol–water partition coefficient (Wildman–Crippen LogP) is 12.1. The summed E-state index contributed by atoms with van der Waals surface area (Å²) >= 11 is 0. The standard InChI is InChI=1S/C46H33N3/c1-46(2)40-23-10-8-20-36(40)37-27-26-33(29-41(37)46)48(31-15-4-3-5-16-31)32-17-12-14-30(28-32)45-47-42-24-13-22-39-35-19-7-6-18-34(35)38-21-9-11-25-43(38)49(45)44(39)42/h3-29H,1-2H3. The number of fused-ring (bicyclic) bond motifs is 8. The summed E-state index contributed by atoms with van der Waals surface area (Å²) in [6, 6.07) is 59.3. The smallest absolute Gasteiger partial charge is 0.145 e. The summed E-state index contributed by atoms with van der Waals surface area (Å²) in [6.45, 7) is 4.69. The number of imidazole rings is 1. The van der Waals surface area contributed by atoms with Crippen LogP contribution in [-0.4, -0.2) is 9.55 Å². The minimum atomic E-state index is -0.0913. The molecule has 1 aromatic heterocycles. The van der Waals surface area contributed by atoms with Crippen LogP contribution in [0.4, 0.5) is 17.1 Å². The minimum absolute atomic E-state index is 0.0913. The van der Waals surface area contributed by atoms with Crippen molar-refractivity contribution in [1.82, 2.24) is 9.55 Å². The number of para-hydroxylation sites is 3. The van der Waals surface area contributed by atoms with Crippen LogP contribution in [0.5, 0.6) is 0 Å². The molecule has 0 atom stereocenters. The summed E-state index contributed by atoms with van der Waals surface area (Å²) in [6.07, 6.45) is 0. The zero-order valence-electron chi connectivity index (χ0n) is 27.4. The highest BCUT2D eigenvalue weighted by molar-refractivity contribution is 6.03. The van der Waals surface area contributed by atoms with Crippen LogP contribution in [0.1, 0.15) is 25.0 Å². The second-order valence-electron chi connectivity index (χ2n) is 13.6. The van der Waals surface area contributed by atoms with Crippen molar-refractivity contribution in [3.63, 3.8) is 0 Å². The van der Waals surface area contributed by atoms with E-state index < -0.39 is 0 Å². The molecule has 232 valence electrons. The van der Waals surface area contributed by atoms with Crippen LogP contribution in [0, 0.1) is 0 Å². The van der Waals surface area contributed by atoms with Crippen molar-refractivity contribution in [2.24, 2.45) is 0 Å². The number of hydrogen-bond acceptors (Lipinski definition) is 2. The Balaban J connectivity index is 1.18. The average molecular weight is 628 g/mol. The van der Waals surface area contributed by atoms with Crippen molar-refractivity contribution in [2.45, 2.75) is 19.3 Å². The molecule has 0 saturated carbocycles. The molecule has 3 nitrogen and oxygen atoms in total. The van der Waals surface area contributed by atoms with Gasteiger partial charge >= 0.3 is 0 Å². The molecule has 2 heterocycles. The van der Waals surface area contributed by atoms with Crippen molar-refractivity contribution >= 4 is 28.1 Å². The van der Waals surface area contributed by atoms with E-state index in [-0.39, 0.29) is 5.41 Å². The first-order chi connectivity index (χ1) is 24.1. The van der Waals surface area contributed by atoms with Gasteiger partial charge in [-0.1, -0.05) is 129 Å². The Kier molecular flexibility index (Phi) is 5.92. The maximum atomic E-state index is 5.35. The van der Waals surface area contributed by atoms with Gasteiger partial charge in [0, 0.05) is 39.2 Å². The molecule has 2 aliphatic rings. The molecule has 49 heavy (non-hydrogen) atoms. The Bertz CT molecular complexity index is 2590. The molecule has 0 bridgehead atoms. The van der Waals surface area contributed by atoms with Gasteiger partial charge < -0.3 is 4.90 Å². The minimum Gasteiger partial charge on any atom is -0.310 e. The van der Waals surface area contributed by atoms with E-state index in [0.717, 1.165) is 45.2 Å². The normalized spacial score (nSPS) is 13.3. The highest BCUT2D eigenvalue weighted by Crippen LogP contribution is 2.51. The number of rotatable bonds is 4.